The summed E-state index contributed by atoms with van der Waals surface area (Å²) in [5.41, 5.74) is 0. The van der Waals surface area contributed by atoms with E-state index < -0.39 is 0 Å². The molecule has 0 radical (unpaired) electrons. The fraction of sp³-hybridized carbons (Fsp3) is 0.500. The number of hydrogen-bond acceptors (Lipinski definition) is 3. The highest BCUT2D eigenvalue weighted by molar-refractivity contribution is 9.10. The molecule has 72 valence electrons. The van der Waals surface area contributed by atoms with Crippen LogP contribution in [0.25, 0.3) is 0 Å². The molecule has 1 rings (SSSR count). The van der Waals surface area contributed by atoms with Gasteiger partial charge in [-0.1, -0.05) is 18.5 Å². The van der Waals surface area contributed by atoms with Crippen LogP contribution in [0, 0.1) is 0 Å². The zero-order valence-corrected chi connectivity index (χ0v) is 9.76. The van der Waals surface area contributed by atoms with Crippen LogP contribution >= 0.6 is 27.5 Å². The van der Waals surface area contributed by atoms with Crippen molar-refractivity contribution in [1.82, 2.24) is 9.97 Å². The third kappa shape index (κ3) is 2.62. The van der Waals surface area contributed by atoms with Gasteiger partial charge in [0.05, 0.1) is 4.47 Å². The standard InChI is InChI=1S/C8H10BrClN2O/c1-3-6(13-2)8-11-4-5(9)7(10)12-8/h4,6H,3H2,1-2H3. The summed E-state index contributed by atoms with van der Waals surface area (Å²) >= 11 is 9.04. The molecule has 0 aliphatic carbocycles. The summed E-state index contributed by atoms with van der Waals surface area (Å²) in [7, 11) is 1.63. The molecule has 1 heterocycles. The van der Waals surface area contributed by atoms with Gasteiger partial charge in [0.1, 0.15) is 11.3 Å². The van der Waals surface area contributed by atoms with E-state index in [2.05, 4.69) is 25.9 Å². The summed E-state index contributed by atoms with van der Waals surface area (Å²) in [6.45, 7) is 2.01. The minimum Gasteiger partial charge on any atom is -0.373 e. The Bertz CT molecular complexity index is 291. The predicted octanol–water partition coefficient (Wildman–Crippen LogP) is 2.99. The van der Waals surface area contributed by atoms with E-state index in [0.717, 1.165) is 6.42 Å². The molecule has 0 aliphatic rings. The Morgan fingerprint density at radius 1 is 1.69 bits per heavy atom. The van der Waals surface area contributed by atoms with Gasteiger partial charge >= 0.3 is 0 Å². The number of halogens is 2. The molecule has 0 N–H and O–H groups in total. The molecule has 1 aromatic rings. The lowest BCUT2D eigenvalue weighted by Crippen LogP contribution is -2.05. The molecule has 1 aromatic heterocycles. The summed E-state index contributed by atoms with van der Waals surface area (Å²) < 4.78 is 5.88. The van der Waals surface area contributed by atoms with Crippen molar-refractivity contribution in [3.05, 3.63) is 21.6 Å². The van der Waals surface area contributed by atoms with Crippen LogP contribution in [0.15, 0.2) is 10.7 Å². The highest BCUT2D eigenvalue weighted by atomic mass is 79.9. The van der Waals surface area contributed by atoms with Gasteiger partial charge in [0, 0.05) is 13.3 Å². The number of ether oxygens (including phenoxy) is 1. The molecule has 0 aromatic carbocycles. The summed E-state index contributed by atoms with van der Waals surface area (Å²) in [5, 5.41) is 0.417. The van der Waals surface area contributed by atoms with E-state index in [1.54, 1.807) is 13.3 Å². The second-order valence-corrected chi connectivity index (χ2v) is 3.71. The molecule has 0 saturated carbocycles. The van der Waals surface area contributed by atoms with E-state index in [4.69, 9.17) is 16.3 Å². The number of nitrogens with zero attached hydrogens (tertiary/aromatic N) is 2. The lowest BCUT2D eigenvalue weighted by Gasteiger charge is -2.11. The van der Waals surface area contributed by atoms with E-state index in [-0.39, 0.29) is 6.10 Å². The van der Waals surface area contributed by atoms with Crippen molar-refractivity contribution in [3.63, 3.8) is 0 Å². The molecule has 0 aliphatic heterocycles. The molecule has 1 atom stereocenters. The van der Waals surface area contributed by atoms with E-state index in [0.29, 0.717) is 15.5 Å². The van der Waals surface area contributed by atoms with Crippen LogP contribution in [0.3, 0.4) is 0 Å². The number of aromatic nitrogens is 2. The van der Waals surface area contributed by atoms with Crippen LogP contribution in [0.4, 0.5) is 0 Å². The summed E-state index contributed by atoms with van der Waals surface area (Å²) in [6, 6.07) is 0. The lowest BCUT2D eigenvalue weighted by atomic mass is 10.2. The molecular formula is C8H10BrClN2O. The van der Waals surface area contributed by atoms with E-state index in [1.807, 2.05) is 6.92 Å². The van der Waals surface area contributed by atoms with Crippen LogP contribution in [0.5, 0.6) is 0 Å². The predicted molar refractivity (Wildman–Crippen MR) is 54.8 cm³/mol. The fourth-order valence-corrected chi connectivity index (χ4v) is 1.30. The highest BCUT2D eigenvalue weighted by Gasteiger charge is 2.12. The molecule has 13 heavy (non-hydrogen) atoms. The van der Waals surface area contributed by atoms with Crippen molar-refractivity contribution in [3.8, 4) is 0 Å². The van der Waals surface area contributed by atoms with Gasteiger partial charge in [-0.05, 0) is 22.4 Å². The Kier molecular flexibility index (Phi) is 4.09. The van der Waals surface area contributed by atoms with Crippen LogP contribution in [0.1, 0.15) is 25.3 Å². The maximum Gasteiger partial charge on any atom is 0.158 e. The molecule has 0 fully saturated rings. The average Bonchev–Trinajstić information content (AvgIpc) is 2.13. The Balaban J connectivity index is 2.95. The van der Waals surface area contributed by atoms with Crippen molar-refractivity contribution in [1.29, 1.82) is 0 Å². The monoisotopic (exact) mass is 264 g/mol. The molecule has 0 spiro atoms. The minimum absolute atomic E-state index is 0.0781. The van der Waals surface area contributed by atoms with Gasteiger partial charge in [-0.25, -0.2) is 9.97 Å². The van der Waals surface area contributed by atoms with Gasteiger partial charge in [-0.2, -0.15) is 0 Å². The van der Waals surface area contributed by atoms with Crippen LogP contribution in [0.2, 0.25) is 5.15 Å². The highest BCUT2D eigenvalue weighted by Crippen LogP contribution is 2.22. The van der Waals surface area contributed by atoms with E-state index in [9.17, 15) is 0 Å². The first-order valence-corrected chi connectivity index (χ1v) is 5.06. The third-order valence-electron chi connectivity index (χ3n) is 1.66. The van der Waals surface area contributed by atoms with Gasteiger partial charge in [0.15, 0.2) is 5.82 Å². The average molecular weight is 266 g/mol. The van der Waals surface area contributed by atoms with Gasteiger partial charge in [0.2, 0.25) is 0 Å². The summed E-state index contributed by atoms with van der Waals surface area (Å²) in [5.74, 6) is 0.623. The first-order chi connectivity index (χ1) is 6.19. The molecule has 5 heteroatoms. The normalized spacial score (nSPS) is 12.9. The van der Waals surface area contributed by atoms with Crippen molar-refractivity contribution >= 4 is 27.5 Å². The van der Waals surface area contributed by atoms with Crippen molar-refractivity contribution in [2.45, 2.75) is 19.4 Å². The second-order valence-electron chi connectivity index (χ2n) is 2.50. The van der Waals surface area contributed by atoms with Gasteiger partial charge in [-0.15, -0.1) is 0 Å². The zero-order valence-electron chi connectivity index (χ0n) is 7.42. The van der Waals surface area contributed by atoms with Crippen molar-refractivity contribution in [2.75, 3.05) is 7.11 Å². The maximum atomic E-state index is 5.82. The SMILES string of the molecule is CCC(OC)c1ncc(Br)c(Cl)n1. The van der Waals surface area contributed by atoms with E-state index in [1.165, 1.54) is 0 Å². The number of rotatable bonds is 3. The van der Waals surface area contributed by atoms with Gasteiger partial charge < -0.3 is 4.74 Å². The Morgan fingerprint density at radius 3 is 2.85 bits per heavy atom. The Hall–Kier alpha value is -0.190. The molecule has 3 nitrogen and oxygen atoms in total. The van der Waals surface area contributed by atoms with Crippen molar-refractivity contribution < 1.29 is 4.74 Å². The molecule has 0 bridgehead atoms. The van der Waals surface area contributed by atoms with Crippen LogP contribution in [-0.4, -0.2) is 17.1 Å². The summed E-state index contributed by atoms with van der Waals surface area (Å²) in [4.78, 5) is 8.21. The van der Waals surface area contributed by atoms with Gasteiger partial charge in [0.25, 0.3) is 0 Å². The molecule has 1 unspecified atom stereocenters. The van der Waals surface area contributed by atoms with Crippen LogP contribution in [-0.2, 0) is 4.74 Å². The first-order valence-electron chi connectivity index (χ1n) is 3.89. The second kappa shape index (κ2) is 4.88. The molecule has 0 amide bonds. The number of hydrogen-bond donors (Lipinski definition) is 0. The first kappa shape index (κ1) is 10.9. The van der Waals surface area contributed by atoms with Crippen LogP contribution < -0.4 is 0 Å². The Morgan fingerprint density at radius 2 is 2.38 bits per heavy atom. The van der Waals surface area contributed by atoms with E-state index >= 15 is 0 Å². The fourth-order valence-electron chi connectivity index (χ4n) is 0.969. The minimum atomic E-state index is -0.0781. The molecular weight excluding hydrogens is 255 g/mol. The quantitative estimate of drug-likeness (QED) is 0.788. The summed E-state index contributed by atoms with van der Waals surface area (Å²) in [6.07, 6.45) is 2.38. The van der Waals surface area contributed by atoms with Gasteiger partial charge in [-0.3, -0.25) is 0 Å². The largest absolute Gasteiger partial charge is 0.373 e. The smallest absolute Gasteiger partial charge is 0.158 e. The maximum absolute atomic E-state index is 5.82. The molecule has 0 saturated heterocycles. The zero-order chi connectivity index (χ0) is 9.84. The number of methoxy groups -OCH3 is 1. The lowest BCUT2D eigenvalue weighted by molar-refractivity contribution is 0.0925. The van der Waals surface area contributed by atoms with Crippen molar-refractivity contribution in [2.24, 2.45) is 0 Å². The third-order valence-corrected chi connectivity index (χ3v) is 2.76. The topological polar surface area (TPSA) is 35.0 Å². The Labute approximate surface area is 90.6 Å².